The molecule has 0 heterocycles. The predicted molar refractivity (Wildman–Crippen MR) is 78.4 cm³/mol. The number of rotatable bonds is 2. The van der Waals surface area contributed by atoms with E-state index in [2.05, 4.69) is 13.8 Å². The Labute approximate surface area is 118 Å². The van der Waals surface area contributed by atoms with Gasteiger partial charge < -0.3 is 0 Å². The average Bonchev–Trinajstić information content (AvgIpc) is 2.72. The molecule has 1 aliphatic rings. The topological polar surface area (TPSA) is 34.1 Å². The number of carbonyl (C=O) groups excluding carboxylic acids is 2. The molecule has 0 radical (unpaired) electrons. The van der Waals surface area contributed by atoms with Gasteiger partial charge in [0.25, 0.3) is 0 Å². The van der Waals surface area contributed by atoms with Gasteiger partial charge in [0, 0.05) is 11.1 Å². The van der Waals surface area contributed by atoms with Gasteiger partial charge in [0.2, 0.25) is 0 Å². The van der Waals surface area contributed by atoms with E-state index in [1.807, 2.05) is 24.3 Å². The maximum atomic E-state index is 12.5. The summed E-state index contributed by atoms with van der Waals surface area (Å²) in [5, 5.41) is 0. The molecule has 0 N–H and O–H groups in total. The first kappa shape index (κ1) is 12.8. The van der Waals surface area contributed by atoms with E-state index in [9.17, 15) is 9.59 Å². The molecule has 2 aromatic rings. The van der Waals surface area contributed by atoms with Gasteiger partial charge in [-0.15, -0.1) is 0 Å². The normalized spacial score (nSPS) is 14.9. The van der Waals surface area contributed by atoms with Crippen LogP contribution >= 0.6 is 0 Å². The number of hydrogen-bond acceptors (Lipinski definition) is 2. The van der Waals surface area contributed by atoms with Crippen LogP contribution in [0, 0.1) is 0 Å². The van der Waals surface area contributed by atoms with Crippen LogP contribution < -0.4 is 0 Å². The van der Waals surface area contributed by atoms with Crippen molar-refractivity contribution < 1.29 is 9.59 Å². The van der Waals surface area contributed by atoms with E-state index < -0.39 is 5.92 Å². The molecule has 0 fully saturated rings. The summed E-state index contributed by atoms with van der Waals surface area (Å²) in [5.41, 5.74) is 3.07. The highest BCUT2D eigenvalue weighted by molar-refractivity contribution is 6.29. The van der Waals surface area contributed by atoms with Gasteiger partial charge in [-0.25, -0.2) is 0 Å². The second-order valence-corrected chi connectivity index (χ2v) is 5.53. The van der Waals surface area contributed by atoms with Crippen LogP contribution in [0.1, 0.15) is 57.5 Å². The summed E-state index contributed by atoms with van der Waals surface area (Å²) in [4.78, 5) is 24.9. The summed E-state index contributed by atoms with van der Waals surface area (Å²) in [6.07, 6.45) is 0. The first-order chi connectivity index (χ1) is 9.59. The van der Waals surface area contributed by atoms with Gasteiger partial charge in [-0.05, 0) is 17.0 Å². The van der Waals surface area contributed by atoms with Crippen molar-refractivity contribution in [2.45, 2.75) is 25.7 Å². The second kappa shape index (κ2) is 4.71. The van der Waals surface area contributed by atoms with Crippen molar-refractivity contribution in [3.8, 4) is 0 Å². The van der Waals surface area contributed by atoms with Gasteiger partial charge in [-0.1, -0.05) is 62.4 Å². The fourth-order valence-corrected chi connectivity index (χ4v) is 2.74. The molecule has 2 aromatic carbocycles. The summed E-state index contributed by atoms with van der Waals surface area (Å²) in [5.74, 6) is -0.437. The molecule has 0 unspecified atom stereocenters. The molecule has 0 spiro atoms. The number of benzene rings is 2. The maximum absolute atomic E-state index is 12.5. The van der Waals surface area contributed by atoms with Gasteiger partial charge in [-0.2, -0.15) is 0 Å². The monoisotopic (exact) mass is 264 g/mol. The summed E-state index contributed by atoms with van der Waals surface area (Å²) in [7, 11) is 0. The van der Waals surface area contributed by atoms with E-state index in [-0.39, 0.29) is 11.6 Å². The Morgan fingerprint density at radius 1 is 0.850 bits per heavy atom. The number of fused-ring (bicyclic) bond motifs is 1. The van der Waals surface area contributed by atoms with Crippen LogP contribution in [0.2, 0.25) is 0 Å². The van der Waals surface area contributed by atoms with E-state index in [0.717, 1.165) is 11.1 Å². The molecule has 0 aliphatic heterocycles. The highest BCUT2D eigenvalue weighted by Gasteiger charge is 2.39. The van der Waals surface area contributed by atoms with Gasteiger partial charge >= 0.3 is 0 Å². The van der Waals surface area contributed by atoms with E-state index in [1.54, 1.807) is 24.3 Å². The smallest absolute Gasteiger partial charge is 0.178 e. The molecule has 3 rings (SSSR count). The third-order valence-electron chi connectivity index (χ3n) is 3.89. The van der Waals surface area contributed by atoms with Crippen LogP contribution in [0.3, 0.4) is 0 Å². The van der Waals surface area contributed by atoms with E-state index in [0.29, 0.717) is 17.0 Å². The van der Waals surface area contributed by atoms with Gasteiger partial charge in [0.15, 0.2) is 11.6 Å². The summed E-state index contributed by atoms with van der Waals surface area (Å²) < 4.78 is 0. The molecule has 100 valence electrons. The highest BCUT2D eigenvalue weighted by Crippen LogP contribution is 2.34. The molecule has 0 saturated heterocycles. The standard InChI is InChI=1S/C18H16O2/c1-11(2)12-6-5-7-13(10-12)16-17(19)14-8-3-4-9-15(14)18(16)20/h3-11,16H,1-2H3. The molecular weight excluding hydrogens is 248 g/mol. The molecule has 2 heteroatoms. The minimum Gasteiger partial charge on any atom is -0.293 e. The van der Waals surface area contributed by atoms with E-state index in [1.165, 1.54) is 0 Å². The number of carbonyl (C=O) groups is 2. The predicted octanol–water partition coefficient (Wildman–Crippen LogP) is 3.97. The minimum absolute atomic E-state index is 0.0773. The summed E-state index contributed by atoms with van der Waals surface area (Å²) in [6.45, 7) is 4.21. The van der Waals surface area contributed by atoms with Crippen molar-refractivity contribution in [3.63, 3.8) is 0 Å². The molecular formula is C18H16O2. The molecule has 0 amide bonds. The van der Waals surface area contributed by atoms with E-state index >= 15 is 0 Å². The SMILES string of the molecule is CC(C)c1cccc(C2C(=O)c3ccccc3C2=O)c1. The minimum atomic E-state index is -0.661. The van der Waals surface area contributed by atoms with Gasteiger partial charge in [0.05, 0.1) is 0 Å². The zero-order valence-corrected chi connectivity index (χ0v) is 11.6. The summed E-state index contributed by atoms with van der Waals surface area (Å²) >= 11 is 0. The highest BCUT2D eigenvalue weighted by atomic mass is 16.2. The molecule has 0 saturated carbocycles. The van der Waals surface area contributed by atoms with Crippen molar-refractivity contribution in [1.82, 2.24) is 0 Å². The van der Waals surface area contributed by atoms with Crippen LogP contribution in [-0.4, -0.2) is 11.6 Å². The lowest BCUT2D eigenvalue weighted by atomic mass is 9.91. The van der Waals surface area contributed by atoms with Crippen molar-refractivity contribution >= 4 is 11.6 Å². The molecule has 0 aromatic heterocycles. The molecule has 0 atom stereocenters. The summed E-state index contributed by atoms with van der Waals surface area (Å²) in [6, 6.07) is 14.9. The van der Waals surface area contributed by atoms with Gasteiger partial charge in [0.1, 0.15) is 5.92 Å². The van der Waals surface area contributed by atoms with Crippen LogP contribution in [-0.2, 0) is 0 Å². The Hall–Kier alpha value is -2.22. The van der Waals surface area contributed by atoms with Crippen molar-refractivity contribution in [3.05, 3.63) is 70.8 Å². The second-order valence-electron chi connectivity index (χ2n) is 5.53. The Balaban J connectivity index is 2.07. The molecule has 0 bridgehead atoms. The molecule has 1 aliphatic carbocycles. The Morgan fingerprint density at radius 3 is 2.00 bits per heavy atom. The zero-order chi connectivity index (χ0) is 14.3. The number of Topliss-reactive ketones (excluding diaryl/α,β-unsaturated/α-hetero) is 2. The number of hydrogen-bond donors (Lipinski definition) is 0. The van der Waals surface area contributed by atoms with E-state index in [4.69, 9.17) is 0 Å². The van der Waals surface area contributed by atoms with Crippen LogP contribution in [0.5, 0.6) is 0 Å². The molecule has 2 nitrogen and oxygen atoms in total. The van der Waals surface area contributed by atoms with Gasteiger partial charge in [-0.3, -0.25) is 9.59 Å². The Kier molecular flexibility index (Phi) is 3.01. The van der Waals surface area contributed by atoms with Crippen LogP contribution in [0.15, 0.2) is 48.5 Å². The maximum Gasteiger partial charge on any atom is 0.178 e. The largest absolute Gasteiger partial charge is 0.293 e. The first-order valence-electron chi connectivity index (χ1n) is 6.87. The van der Waals surface area contributed by atoms with Crippen LogP contribution in [0.25, 0.3) is 0 Å². The van der Waals surface area contributed by atoms with Crippen molar-refractivity contribution in [2.24, 2.45) is 0 Å². The third-order valence-corrected chi connectivity index (χ3v) is 3.89. The average molecular weight is 264 g/mol. The Morgan fingerprint density at radius 2 is 1.45 bits per heavy atom. The fourth-order valence-electron chi connectivity index (χ4n) is 2.74. The first-order valence-corrected chi connectivity index (χ1v) is 6.87. The lowest BCUT2D eigenvalue weighted by Crippen LogP contribution is -2.13. The quantitative estimate of drug-likeness (QED) is 0.769. The number of ketones is 2. The lowest BCUT2D eigenvalue weighted by Gasteiger charge is -2.11. The zero-order valence-electron chi connectivity index (χ0n) is 11.6. The lowest BCUT2D eigenvalue weighted by molar-refractivity contribution is 0.0890. The van der Waals surface area contributed by atoms with Crippen LogP contribution in [0.4, 0.5) is 0 Å². The van der Waals surface area contributed by atoms with Crippen molar-refractivity contribution in [1.29, 1.82) is 0 Å². The fraction of sp³-hybridized carbons (Fsp3) is 0.222. The Bertz CT molecular complexity index is 663. The van der Waals surface area contributed by atoms with Crippen molar-refractivity contribution in [2.75, 3.05) is 0 Å². The molecule has 20 heavy (non-hydrogen) atoms. The third kappa shape index (κ3) is 1.88.